The van der Waals surface area contributed by atoms with E-state index in [4.69, 9.17) is 0 Å². The topological polar surface area (TPSA) is 78.0 Å². The van der Waals surface area contributed by atoms with Crippen molar-refractivity contribution in [2.45, 2.75) is 13.5 Å². The molecule has 2 aromatic rings. The molecule has 0 saturated heterocycles. The largest absolute Gasteiger partial charge is 0.381 e. The second kappa shape index (κ2) is 4.79. The summed E-state index contributed by atoms with van der Waals surface area (Å²) in [6.45, 7) is 1.98. The van der Waals surface area contributed by atoms with Crippen LogP contribution in [0.25, 0.3) is 0 Å². The molecule has 1 aromatic heterocycles. The third kappa shape index (κ3) is 2.60. The first kappa shape index (κ1) is 12.0. The number of nitro groups is 1. The van der Waals surface area contributed by atoms with Gasteiger partial charge in [0, 0.05) is 5.56 Å². The lowest BCUT2D eigenvalue weighted by Crippen LogP contribution is -2.08. The quantitative estimate of drug-likeness (QED) is 0.468. The van der Waals surface area contributed by atoms with Gasteiger partial charge >= 0.3 is 5.82 Å². The molecule has 0 aliphatic rings. The van der Waals surface area contributed by atoms with E-state index in [1.807, 2.05) is 19.1 Å². The molecule has 0 saturated carbocycles. The van der Waals surface area contributed by atoms with Crippen molar-refractivity contribution in [1.29, 1.82) is 0 Å². The fraction of sp³-hybridized carbons (Fsp3) is 0.167. The lowest BCUT2D eigenvalue weighted by atomic mass is 10.1. The minimum absolute atomic E-state index is 0.0455. The summed E-state index contributed by atoms with van der Waals surface area (Å²) in [5.41, 5.74) is 1.65. The summed E-state index contributed by atoms with van der Waals surface area (Å²) in [5, 5.41) is 10.5. The molecule has 1 aromatic carbocycles. The van der Waals surface area contributed by atoms with Crippen LogP contribution in [0.2, 0.25) is 0 Å². The Morgan fingerprint density at radius 1 is 1.39 bits per heavy atom. The highest BCUT2D eigenvalue weighted by Crippen LogP contribution is 2.09. The summed E-state index contributed by atoms with van der Waals surface area (Å²) in [5.74, 6) is -0.367. The van der Waals surface area contributed by atoms with Crippen molar-refractivity contribution in [1.82, 2.24) is 9.55 Å². The molecule has 0 radical (unpaired) electrons. The summed E-state index contributed by atoms with van der Waals surface area (Å²) in [4.78, 5) is 25.3. The van der Waals surface area contributed by atoms with Crippen LogP contribution >= 0.6 is 0 Å². The normalized spacial score (nSPS) is 10.3. The number of nitrogens with zero attached hydrogens (tertiary/aromatic N) is 3. The fourth-order valence-corrected chi connectivity index (χ4v) is 1.53. The van der Waals surface area contributed by atoms with Gasteiger partial charge < -0.3 is 14.7 Å². The van der Waals surface area contributed by atoms with Gasteiger partial charge in [0.15, 0.2) is 5.78 Å². The Morgan fingerprint density at radius 3 is 2.61 bits per heavy atom. The van der Waals surface area contributed by atoms with Crippen LogP contribution < -0.4 is 0 Å². The van der Waals surface area contributed by atoms with E-state index in [9.17, 15) is 14.9 Å². The number of carbonyl (C=O) groups is 1. The molecule has 6 heteroatoms. The molecular weight excluding hydrogens is 234 g/mol. The van der Waals surface area contributed by atoms with Gasteiger partial charge in [-0.15, -0.1) is 0 Å². The molecule has 0 aliphatic heterocycles. The molecule has 0 aliphatic carbocycles. The van der Waals surface area contributed by atoms with Gasteiger partial charge in [-0.1, -0.05) is 29.8 Å². The fourth-order valence-electron chi connectivity index (χ4n) is 1.53. The number of imidazole rings is 1. The van der Waals surface area contributed by atoms with Gasteiger partial charge in [-0.3, -0.25) is 4.79 Å². The molecule has 0 unspecified atom stereocenters. The molecule has 18 heavy (non-hydrogen) atoms. The summed E-state index contributed by atoms with van der Waals surface area (Å²) < 4.78 is 1.40. The van der Waals surface area contributed by atoms with Crippen LogP contribution in [-0.4, -0.2) is 20.3 Å². The van der Waals surface area contributed by atoms with E-state index in [1.165, 1.54) is 17.1 Å². The first-order valence-electron chi connectivity index (χ1n) is 5.32. The Bertz CT molecular complexity index is 587. The smallest absolute Gasteiger partial charge is 0.358 e. The highest BCUT2D eigenvalue weighted by atomic mass is 16.6. The lowest BCUT2D eigenvalue weighted by molar-refractivity contribution is -0.389. The van der Waals surface area contributed by atoms with Crippen molar-refractivity contribution < 1.29 is 9.72 Å². The number of hydrogen-bond acceptors (Lipinski definition) is 4. The van der Waals surface area contributed by atoms with Gasteiger partial charge in [-0.2, -0.15) is 0 Å². The van der Waals surface area contributed by atoms with Crippen molar-refractivity contribution in [2.24, 2.45) is 0 Å². The van der Waals surface area contributed by atoms with E-state index >= 15 is 0 Å². The van der Waals surface area contributed by atoms with Crippen LogP contribution in [0.5, 0.6) is 0 Å². The number of aromatic nitrogens is 2. The number of rotatable bonds is 4. The number of hydrogen-bond donors (Lipinski definition) is 0. The van der Waals surface area contributed by atoms with E-state index in [2.05, 4.69) is 4.98 Å². The van der Waals surface area contributed by atoms with Crippen LogP contribution in [-0.2, 0) is 6.54 Å². The molecule has 92 valence electrons. The third-order valence-corrected chi connectivity index (χ3v) is 2.51. The Kier molecular flexibility index (Phi) is 3.18. The number of benzene rings is 1. The summed E-state index contributed by atoms with van der Waals surface area (Å²) in [6, 6.07) is 7.18. The second-order valence-electron chi connectivity index (χ2n) is 3.95. The Balaban J connectivity index is 2.11. The van der Waals surface area contributed by atoms with Gasteiger partial charge in [0.1, 0.15) is 6.20 Å². The molecule has 0 N–H and O–H groups in total. The van der Waals surface area contributed by atoms with Crippen LogP contribution in [0, 0.1) is 17.0 Å². The number of aryl methyl sites for hydroxylation is 1. The highest BCUT2D eigenvalue weighted by Gasteiger charge is 2.12. The molecule has 6 nitrogen and oxygen atoms in total. The molecule has 0 bridgehead atoms. The van der Waals surface area contributed by atoms with Crippen molar-refractivity contribution in [3.05, 3.63) is 58.0 Å². The standard InChI is InChI=1S/C12H11N3O3/c1-9-2-4-10(5-3-9)11(16)6-14-7-12(13-8-14)15(17)18/h2-5,7-8H,6H2,1H3. The molecule has 1 heterocycles. The number of carbonyl (C=O) groups excluding carboxylic acids is 1. The molecular formula is C12H11N3O3. The van der Waals surface area contributed by atoms with E-state index in [0.29, 0.717) is 5.56 Å². The minimum Gasteiger partial charge on any atom is -0.358 e. The number of Topliss-reactive ketones (excluding diaryl/α,β-unsaturated/α-hetero) is 1. The maximum absolute atomic E-state index is 11.9. The average molecular weight is 245 g/mol. The molecule has 2 rings (SSSR count). The number of ketones is 1. The van der Waals surface area contributed by atoms with Crippen LogP contribution in [0.4, 0.5) is 5.82 Å². The second-order valence-corrected chi connectivity index (χ2v) is 3.95. The summed E-state index contributed by atoms with van der Waals surface area (Å²) in [7, 11) is 0. The van der Waals surface area contributed by atoms with Gasteiger partial charge in [0.2, 0.25) is 6.33 Å². The third-order valence-electron chi connectivity index (χ3n) is 2.51. The Labute approximate surface area is 103 Å². The molecule has 0 amide bonds. The van der Waals surface area contributed by atoms with Crippen molar-refractivity contribution in [3.63, 3.8) is 0 Å². The van der Waals surface area contributed by atoms with E-state index < -0.39 is 4.92 Å². The Morgan fingerprint density at radius 2 is 2.06 bits per heavy atom. The zero-order valence-electron chi connectivity index (χ0n) is 9.74. The lowest BCUT2D eigenvalue weighted by Gasteiger charge is -2.01. The zero-order valence-corrected chi connectivity index (χ0v) is 9.74. The minimum atomic E-state index is -0.590. The van der Waals surface area contributed by atoms with E-state index in [0.717, 1.165) is 5.56 Å². The first-order valence-corrected chi connectivity index (χ1v) is 5.32. The predicted molar refractivity (Wildman–Crippen MR) is 64.4 cm³/mol. The van der Waals surface area contributed by atoms with Crippen molar-refractivity contribution >= 4 is 11.6 Å². The van der Waals surface area contributed by atoms with E-state index in [-0.39, 0.29) is 18.1 Å². The van der Waals surface area contributed by atoms with Gasteiger partial charge in [0.25, 0.3) is 0 Å². The monoisotopic (exact) mass is 245 g/mol. The van der Waals surface area contributed by atoms with Crippen molar-refractivity contribution in [2.75, 3.05) is 0 Å². The first-order chi connectivity index (χ1) is 8.56. The molecule has 0 atom stereocenters. The van der Waals surface area contributed by atoms with Gasteiger partial charge in [-0.05, 0) is 16.8 Å². The maximum Gasteiger partial charge on any atom is 0.381 e. The van der Waals surface area contributed by atoms with E-state index in [1.54, 1.807) is 12.1 Å². The molecule has 0 spiro atoms. The SMILES string of the molecule is Cc1ccc(C(=O)Cn2cnc([N+](=O)[O-])c2)cc1. The van der Waals surface area contributed by atoms with Crippen molar-refractivity contribution in [3.8, 4) is 0 Å². The predicted octanol–water partition coefficient (Wildman–Crippen LogP) is 1.98. The maximum atomic E-state index is 11.9. The summed E-state index contributed by atoms with van der Waals surface area (Å²) in [6.07, 6.45) is 2.52. The molecule has 0 fully saturated rings. The van der Waals surface area contributed by atoms with Gasteiger partial charge in [-0.25, -0.2) is 0 Å². The van der Waals surface area contributed by atoms with Gasteiger partial charge in [0.05, 0.1) is 6.54 Å². The van der Waals surface area contributed by atoms with Crippen LogP contribution in [0.15, 0.2) is 36.8 Å². The summed E-state index contributed by atoms with van der Waals surface area (Å²) >= 11 is 0. The van der Waals surface area contributed by atoms with Crippen LogP contribution in [0.1, 0.15) is 15.9 Å². The zero-order chi connectivity index (χ0) is 13.1. The highest BCUT2D eigenvalue weighted by molar-refractivity contribution is 5.95. The average Bonchev–Trinajstić information content (AvgIpc) is 2.78. The van der Waals surface area contributed by atoms with Crippen LogP contribution in [0.3, 0.4) is 0 Å². The Hall–Kier alpha value is -2.50.